The maximum atomic E-state index is 8.64. The van der Waals surface area contributed by atoms with Gasteiger partial charge in [-0.25, -0.2) is 0 Å². The van der Waals surface area contributed by atoms with Crippen LogP contribution in [0.25, 0.3) is 0 Å². The van der Waals surface area contributed by atoms with Crippen molar-refractivity contribution >= 4 is 5.69 Å². The highest BCUT2D eigenvalue weighted by Gasteiger charge is 2.31. The monoisotopic (exact) mass is 201 g/mol. The molecule has 1 aliphatic rings. The van der Waals surface area contributed by atoms with Crippen molar-refractivity contribution in [2.75, 3.05) is 11.9 Å². The van der Waals surface area contributed by atoms with E-state index >= 15 is 0 Å². The first-order chi connectivity index (χ1) is 7.22. The summed E-state index contributed by atoms with van der Waals surface area (Å²) in [5.41, 5.74) is 7.81. The summed E-state index contributed by atoms with van der Waals surface area (Å²) in [5.74, 6) is 0. The molecular formula is C12H15N3. The van der Waals surface area contributed by atoms with Crippen molar-refractivity contribution in [1.82, 2.24) is 0 Å². The zero-order valence-electron chi connectivity index (χ0n) is 8.66. The number of hydrogen-bond donors (Lipinski definition) is 2. The van der Waals surface area contributed by atoms with Crippen molar-refractivity contribution < 1.29 is 0 Å². The topological polar surface area (TPSA) is 61.8 Å². The molecule has 0 spiro atoms. The standard InChI is InChI=1S/C12H15N3/c13-8-10-2-4-11(5-3-10)15-9-12(14)6-1-7-12/h2-5,15H,1,6-7,9,14H2. The molecule has 0 aliphatic heterocycles. The van der Waals surface area contributed by atoms with E-state index in [-0.39, 0.29) is 5.54 Å². The molecule has 1 aromatic rings. The molecule has 3 heteroatoms. The fourth-order valence-corrected chi connectivity index (χ4v) is 1.75. The van der Waals surface area contributed by atoms with Gasteiger partial charge in [0.05, 0.1) is 11.6 Å². The fourth-order valence-electron chi connectivity index (χ4n) is 1.75. The Balaban J connectivity index is 1.91. The van der Waals surface area contributed by atoms with Gasteiger partial charge in [0.1, 0.15) is 0 Å². The van der Waals surface area contributed by atoms with E-state index in [4.69, 9.17) is 11.0 Å². The Morgan fingerprint density at radius 3 is 2.47 bits per heavy atom. The number of anilines is 1. The minimum Gasteiger partial charge on any atom is -0.383 e. The van der Waals surface area contributed by atoms with Gasteiger partial charge in [-0.05, 0) is 43.5 Å². The lowest BCUT2D eigenvalue weighted by Gasteiger charge is -2.38. The maximum Gasteiger partial charge on any atom is 0.0991 e. The average molecular weight is 201 g/mol. The van der Waals surface area contributed by atoms with Crippen LogP contribution in [0.2, 0.25) is 0 Å². The molecule has 0 amide bonds. The SMILES string of the molecule is N#Cc1ccc(NCC2(N)CCC2)cc1. The summed E-state index contributed by atoms with van der Waals surface area (Å²) in [5, 5.41) is 11.9. The van der Waals surface area contributed by atoms with Gasteiger partial charge in [0.25, 0.3) is 0 Å². The molecule has 0 heterocycles. The largest absolute Gasteiger partial charge is 0.383 e. The van der Waals surface area contributed by atoms with E-state index in [2.05, 4.69) is 11.4 Å². The maximum absolute atomic E-state index is 8.64. The third-order valence-electron chi connectivity index (χ3n) is 3.01. The molecule has 0 bridgehead atoms. The van der Waals surface area contributed by atoms with Gasteiger partial charge in [-0.2, -0.15) is 5.26 Å². The molecule has 1 fully saturated rings. The number of nitrogens with zero attached hydrogens (tertiary/aromatic N) is 1. The Morgan fingerprint density at radius 1 is 1.33 bits per heavy atom. The van der Waals surface area contributed by atoms with E-state index in [1.807, 2.05) is 24.3 Å². The van der Waals surface area contributed by atoms with Crippen LogP contribution in [0, 0.1) is 11.3 Å². The van der Waals surface area contributed by atoms with Gasteiger partial charge < -0.3 is 11.1 Å². The lowest BCUT2D eigenvalue weighted by atomic mass is 9.78. The smallest absolute Gasteiger partial charge is 0.0991 e. The molecule has 3 nitrogen and oxygen atoms in total. The molecule has 0 atom stereocenters. The second-order valence-corrected chi connectivity index (χ2v) is 4.26. The Kier molecular flexibility index (Phi) is 2.61. The minimum atomic E-state index is -0.00605. The third kappa shape index (κ3) is 2.28. The van der Waals surface area contributed by atoms with Crippen LogP contribution < -0.4 is 11.1 Å². The molecule has 15 heavy (non-hydrogen) atoms. The van der Waals surface area contributed by atoms with E-state index in [0.29, 0.717) is 5.56 Å². The summed E-state index contributed by atoms with van der Waals surface area (Å²) in [6.07, 6.45) is 3.46. The first-order valence-electron chi connectivity index (χ1n) is 5.25. The van der Waals surface area contributed by atoms with E-state index in [1.165, 1.54) is 6.42 Å². The molecule has 0 unspecified atom stereocenters. The van der Waals surface area contributed by atoms with Crippen molar-refractivity contribution in [2.45, 2.75) is 24.8 Å². The number of rotatable bonds is 3. The van der Waals surface area contributed by atoms with Gasteiger partial charge in [0.15, 0.2) is 0 Å². The van der Waals surface area contributed by atoms with Gasteiger partial charge in [0, 0.05) is 17.8 Å². The van der Waals surface area contributed by atoms with Gasteiger partial charge >= 0.3 is 0 Å². The minimum absolute atomic E-state index is 0.00605. The fraction of sp³-hybridized carbons (Fsp3) is 0.417. The zero-order valence-corrected chi connectivity index (χ0v) is 8.66. The quantitative estimate of drug-likeness (QED) is 0.784. The molecule has 1 aliphatic carbocycles. The number of nitriles is 1. The van der Waals surface area contributed by atoms with Crippen LogP contribution >= 0.6 is 0 Å². The predicted molar refractivity (Wildman–Crippen MR) is 60.4 cm³/mol. The molecule has 0 saturated heterocycles. The number of hydrogen-bond acceptors (Lipinski definition) is 3. The van der Waals surface area contributed by atoms with Crippen molar-refractivity contribution in [1.29, 1.82) is 5.26 Å². The highest BCUT2D eigenvalue weighted by Crippen LogP contribution is 2.29. The lowest BCUT2D eigenvalue weighted by Crippen LogP contribution is -2.51. The number of benzene rings is 1. The Hall–Kier alpha value is -1.53. The first kappa shape index (κ1) is 10.0. The van der Waals surface area contributed by atoms with Crippen molar-refractivity contribution in [3.63, 3.8) is 0 Å². The molecule has 1 aromatic carbocycles. The molecular weight excluding hydrogens is 186 g/mol. The van der Waals surface area contributed by atoms with Gasteiger partial charge in [-0.1, -0.05) is 0 Å². The van der Waals surface area contributed by atoms with Crippen LogP contribution in [0.5, 0.6) is 0 Å². The highest BCUT2D eigenvalue weighted by molar-refractivity contribution is 5.47. The lowest BCUT2D eigenvalue weighted by molar-refractivity contribution is 0.265. The van der Waals surface area contributed by atoms with Gasteiger partial charge in [-0.3, -0.25) is 0 Å². The zero-order chi connectivity index (χ0) is 10.7. The van der Waals surface area contributed by atoms with Crippen molar-refractivity contribution in [3.8, 4) is 6.07 Å². The van der Waals surface area contributed by atoms with Crippen LogP contribution in [0.4, 0.5) is 5.69 Å². The van der Waals surface area contributed by atoms with E-state index in [9.17, 15) is 0 Å². The Bertz CT molecular complexity index is 371. The summed E-state index contributed by atoms with van der Waals surface area (Å²) in [6, 6.07) is 9.55. The number of nitrogens with one attached hydrogen (secondary N) is 1. The summed E-state index contributed by atoms with van der Waals surface area (Å²) < 4.78 is 0. The molecule has 0 aromatic heterocycles. The van der Waals surface area contributed by atoms with Crippen LogP contribution in [0.3, 0.4) is 0 Å². The average Bonchev–Trinajstić information content (AvgIpc) is 2.24. The predicted octanol–water partition coefficient (Wildman–Crippen LogP) is 1.85. The Labute approximate surface area is 89.9 Å². The van der Waals surface area contributed by atoms with Crippen molar-refractivity contribution in [3.05, 3.63) is 29.8 Å². The normalized spacial score (nSPS) is 17.6. The third-order valence-corrected chi connectivity index (χ3v) is 3.01. The summed E-state index contributed by atoms with van der Waals surface area (Å²) in [7, 11) is 0. The van der Waals surface area contributed by atoms with Crippen LogP contribution in [0.1, 0.15) is 24.8 Å². The summed E-state index contributed by atoms with van der Waals surface area (Å²) >= 11 is 0. The molecule has 78 valence electrons. The van der Waals surface area contributed by atoms with Crippen LogP contribution in [0.15, 0.2) is 24.3 Å². The second-order valence-electron chi connectivity index (χ2n) is 4.26. The number of nitrogens with two attached hydrogens (primary N) is 1. The first-order valence-corrected chi connectivity index (χ1v) is 5.25. The Morgan fingerprint density at radius 2 is 2.00 bits per heavy atom. The van der Waals surface area contributed by atoms with E-state index in [0.717, 1.165) is 25.1 Å². The molecule has 1 saturated carbocycles. The van der Waals surface area contributed by atoms with Crippen LogP contribution in [-0.2, 0) is 0 Å². The van der Waals surface area contributed by atoms with Crippen molar-refractivity contribution in [2.24, 2.45) is 5.73 Å². The summed E-state index contributed by atoms with van der Waals surface area (Å²) in [4.78, 5) is 0. The highest BCUT2D eigenvalue weighted by atomic mass is 14.9. The van der Waals surface area contributed by atoms with Gasteiger partial charge in [0.2, 0.25) is 0 Å². The molecule has 0 radical (unpaired) electrons. The second kappa shape index (κ2) is 3.92. The van der Waals surface area contributed by atoms with Gasteiger partial charge in [-0.15, -0.1) is 0 Å². The molecule has 3 N–H and O–H groups in total. The van der Waals surface area contributed by atoms with Crippen LogP contribution in [-0.4, -0.2) is 12.1 Å². The van der Waals surface area contributed by atoms with E-state index < -0.39 is 0 Å². The van der Waals surface area contributed by atoms with E-state index in [1.54, 1.807) is 0 Å². The molecule has 2 rings (SSSR count). The summed E-state index contributed by atoms with van der Waals surface area (Å²) in [6.45, 7) is 0.818.